The number of benzene rings is 1. The molecule has 2 aromatic rings. The molecule has 122 valence electrons. The van der Waals surface area contributed by atoms with E-state index >= 15 is 0 Å². The van der Waals surface area contributed by atoms with Crippen molar-refractivity contribution in [2.24, 2.45) is 10.9 Å². The van der Waals surface area contributed by atoms with Gasteiger partial charge in [0.2, 0.25) is 0 Å². The molecular weight excluding hydrogens is 300 g/mol. The molecule has 2 aliphatic heterocycles. The minimum Gasteiger partial charge on any atom is -0.443 e. The van der Waals surface area contributed by atoms with Crippen LogP contribution >= 0.6 is 0 Å². The first-order chi connectivity index (χ1) is 11.7. The third kappa shape index (κ3) is 2.04. The van der Waals surface area contributed by atoms with E-state index in [1.165, 1.54) is 24.9 Å². The second-order valence-electron chi connectivity index (χ2n) is 6.86. The number of aromatic nitrogens is 1. The van der Waals surface area contributed by atoms with E-state index in [-0.39, 0.29) is 0 Å². The quantitative estimate of drug-likeness (QED) is 0.865. The lowest BCUT2D eigenvalue weighted by atomic mass is 10.1. The monoisotopic (exact) mass is 320 g/mol. The van der Waals surface area contributed by atoms with Crippen molar-refractivity contribution in [2.75, 3.05) is 6.54 Å². The molecule has 0 unspecified atom stereocenters. The van der Waals surface area contributed by atoms with Crippen molar-refractivity contribution in [3.8, 4) is 0 Å². The lowest BCUT2D eigenvalue weighted by Gasteiger charge is -2.37. The molecule has 1 aromatic carbocycles. The molecule has 3 heterocycles. The Morgan fingerprint density at radius 1 is 1.29 bits per heavy atom. The molecule has 1 fully saturated rings. The van der Waals surface area contributed by atoms with Crippen LogP contribution in [0.15, 0.2) is 57.7 Å². The maximum absolute atomic E-state index is 5.58. The van der Waals surface area contributed by atoms with Crippen LogP contribution in [-0.4, -0.2) is 33.3 Å². The van der Waals surface area contributed by atoms with E-state index < -0.39 is 0 Å². The number of para-hydroxylation sites is 1. The van der Waals surface area contributed by atoms with Gasteiger partial charge in [-0.15, -0.1) is 0 Å². The zero-order chi connectivity index (χ0) is 16.3. The second-order valence-corrected chi connectivity index (χ2v) is 6.86. The molecule has 1 aromatic heterocycles. The van der Waals surface area contributed by atoms with Crippen molar-refractivity contribution < 1.29 is 4.42 Å². The van der Waals surface area contributed by atoms with Gasteiger partial charge >= 0.3 is 0 Å². The topological polar surface area (TPSA) is 44.9 Å². The first-order valence-corrected chi connectivity index (χ1v) is 8.59. The van der Waals surface area contributed by atoms with Gasteiger partial charge in [-0.1, -0.05) is 6.07 Å². The fourth-order valence-electron chi connectivity index (χ4n) is 3.76. The van der Waals surface area contributed by atoms with Crippen LogP contribution in [-0.2, 0) is 0 Å². The normalized spacial score (nSPS) is 22.2. The molecule has 24 heavy (non-hydrogen) atoms. The van der Waals surface area contributed by atoms with Gasteiger partial charge in [-0.05, 0) is 56.9 Å². The number of aliphatic imine (C=N–C) groups is 1. The number of hydrogen-bond acceptors (Lipinski definition) is 5. The summed E-state index contributed by atoms with van der Waals surface area (Å²) in [5.74, 6) is 1.85. The number of hydrazine groups is 1. The highest BCUT2D eigenvalue weighted by Gasteiger charge is 2.38. The Balaban J connectivity index is 1.53. The fourth-order valence-corrected chi connectivity index (χ4v) is 3.76. The summed E-state index contributed by atoms with van der Waals surface area (Å²) in [6, 6.07) is 6.58. The van der Waals surface area contributed by atoms with Crippen LogP contribution in [0.2, 0.25) is 0 Å². The van der Waals surface area contributed by atoms with Gasteiger partial charge in [0.1, 0.15) is 11.3 Å². The molecule has 1 aliphatic carbocycles. The maximum Gasteiger partial charge on any atom is 0.182 e. The number of rotatable bonds is 3. The summed E-state index contributed by atoms with van der Waals surface area (Å²) in [4.78, 5) is 9.15. The van der Waals surface area contributed by atoms with E-state index in [1.54, 1.807) is 0 Å². The number of fused-ring (bicyclic) bond motifs is 2. The Labute approximate surface area is 140 Å². The predicted octanol–water partition coefficient (Wildman–Crippen LogP) is 3.71. The third-order valence-corrected chi connectivity index (χ3v) is 5.26. The van der Waals surface area contributed by atoms with E-state index in [0.29, 0.717) is 6.04 Å². The van der Waals surface area contributed by atoms with Crippen LogP contribution < -0.4 is 0 Å². The third-order valence-electron chi connectivity index (χ3n) is 5.26. The van der Waals surface area contributed by atoms with E-state index in [4.69, 9.17) is 9.41 Å². The van der Waals surface area contributed by atoms with Gasteiger partial charge in [0.05, 0.1) is 5.71 Å². The predicted molar refractivity (Wildman–Crippen MR) is 93.1 cm³/mol. The van der Waals surface area contributed by atoms with Gasteiger partial charge in [-0.3, -0.25) is 5.01 Å². The number of allylic oxidation sites excluding steroid dienone is 2. The zero-order valence-corrected chi connectivity index (χ0v) is 13.9. The number of nitrogens with zero attached hydrogens (tertiary/aromatic N) is 4. The molecule has 5 rings (SSSR count). The Morgan fingerprint density at radius 3 is 3.00 bits per heavy atom. The van der Waals surface area contributed by atoms with Crippen LogP contribution in [0.5, 0.6) is 0 Å². The van der Waals surface area contributed by atoms with Gasteiger partial charge in [-0.2, -0.15) is 0 Å². The van der Waals surface area contributed by atoms with E-state index in [2.05, 4.69) is 41.0 Å². The van der Waals surface area contributed by atoms with Crippen molar-refractivity contribution in [1.82, 2.24) is 15.0 Å². The Kier molecular flexibility index (Phi) is 2.94. The van der Waals surface area contributed by atoms with Gasteiger partial charge in [-0.25, -0.2) is 15.0 Å². The fraction of sp³-hybridized carbons (Fsp3) is 0.368. The SMILES string of the molecule is CC1=CC(c2cccc3ncoc23)=NC2=CCN([C@@H](C)C3CC3)N12. The summed E-state index contributed by atoms with van der Waals surface area (Å²) < 4.78 is 5.58. The first-order valence-electron chi connectivity index (χ1n) is 8.59. The molecule has 3 aliphatic rings. The largest absolute Gasteiger partial charge is 0.443 e. The number of hydrogen-bond donors (Lipinski definition) is 0. The minimum absolute atomic E-state index is 0.566. The van der Waals surface area contributed by atoms with E-state index in [0.717, 1.165) is 40.7 Å². The maximum atomic E-state index is 5.58. The van der Waals surface area contributed by atoms with Crippen LogP contribution in [0, 0.1) is 5.92 Å². The van der Waals surface area contributed by atoms with Crippen molar-refractivity contribution in [3.63, 3.8) is 0 Å². The zero-order valence-electron chi connectivity index (χ0n) is 13.9. The summed E-state index contributed by atoms with van der Waals surface area (Å²) in [5.41, 5.74) is 4.81. The van der Waals surface area contributed by atoms with Gasteiger partial charge in [0.25, 0.3) is 0 Å². The molecule has 0 radical (unpaired) electrons. The molecule has 5 heteroatoms. The highest BCUT2D eigenvalue weighted by molar-refractivity contribution is 6.15. The summed E-state index contributed by atoms with van der Waals surface area (Å²) in [6.45, 7) is 5.42. The smallest absolute Gasteiger partial charge is 0.182 e. The van der Waals surface area contributed by atoms with E-state index in [9.17, 15) is 0 Å². The Bertz CT molecular complexity index is 903. The lowest BCUT2D eigenvalue weighted by Crippen LogP contribution is -2.44. The van der Waals surface area contributed by atoms with Crippen LogP contribution in [0.25, 0.3) is 11.1 Å². The average Bonchev–Trinajstić information content (AvgIpc) is 3.16. The lowest BCUT2D eigenvalue weighted by molar-refractivity contribution is 0.0236. The molecule has 0 spiro atoms. The highest BCUT2D eigenvalue weighted by Crippen LogP contribution is 2.39. The van der Waals surface area contributed by atoms with Gasteiger partial charge in [0, 0.05) is 23.8 Å². The molecule has 1 atom stereocenters. The molecule has 5 nitrogen and oxygen atoms in total. The summed E-state index contributed by atoms with van der Waals surface area (Å²) in [6.07, 6.45) is 8.56. The standard InChI is InChI=1S/C19H20N4O/c1-12-10-17(15-4-3-5-16-19(15)24-11-20-16)21-18-8-9-22(23(12)18)13(2)14-6-7-14/h3-5,8,10-11,13-14H,6-7,9H2,1-2H3/t13-/m0/s1. The van der Waals surface area contributed by atoms with Gasteiger partial charge in [0.15, 0.2) is 12.0 Å². The average molecular weight is 320 g/mol. The molecule has 0 amide bonds. The molecule has 0 bridgehead atoms. The second kappa shape index (κ2) is 5.05. The summed E-state index contributed by atoms with van der Waals surface area (Å²) in [5, 5.41) is 4.71. The van der Waals surface area contributed by atoms with Crippen molar-refractivity contribution in [1.29, 1.82) is 0 Å². The summed E-state index contributed by atoms with van der Waals surface area (Å²) >= 11 is 0. The van der Waals surface area contributed by atoms with Crippen molar-refractivity contribution >= 4 is 16.8 Å². The molecule has 0 N–H and O–H groups in total. The Morgan fingerprint density at radius 2 is 2.17 bits per heavy atom. The first kappa shape index (κ1) is 14.0. The molecule has 1 saturated carbocycles. The van der Waals surface area contributed by atoms with Crippen molar-refractivity contribution in [2.45, 2.75) is 32.7 Å². The van der Waals surface area contributed by atoms with Crippen LogP contribution in [0.4, 0.5) is 0 Å². The molecule has 0 saturated heterocycles. The van der Waals surface area contributed by atoms with E-state index in [1.807, 2.05) is 18.2 Å². The van der Waals surface area contributed by atoms with Crippen LogP contribution in [0.1, 0.15) is 32.3 Å². The van der Waals surface area contributed by atoms with Crippen molar-refractivity contribution in [3.05, 3.63) is 53.8 Å². The van der Waals surface area contributed by atoms with Crippen LogP contribution in [0.3, 0.4) is 0 Å². The highest BCUT2D eigenvalue weighted by atomic mass is 16.3. The minimum atomic E-state index is 0.566. The Hall–Kier alpha value is -2.40. The molecular formula is C19H20N4O. The van der Waals surface area contributed by atoms with Gasteiger partial charge < -0.3 is 4.42 Å². The summed E-state index contributed by atoms with van der Waals surface area (Å²) in [7, 11) is 0. The number of oxazole rings is 1.